The highest BCUT2D eigenvalue weighted by molar-refractivity contribution is 5.42. The Hall–Kier alpha value is -2.02. The van der Waals surface area contributed by atoms with Crippen molar-refractivity contribution in [2.45, 2.75) is 24.9 Å². The van der Waals surface area contributed by atoms with Gasteiger partial charge in [-0.15, -0.1) is 0 Å². The summed E-state index contributed by atoms with van der Waals surface area (Å²) in [6.07, 6.45) is 4.65. The molecule has 0 aromatic heterocycles. The topological polar surface area (TPSA) is 58.9 Å². The Balaban J connectivity index is 2.46. The van der Waals surface area contributed by atoms with Gasteiger partial charge in [0.1, 0.15) is 6.04 Å². The minimum atomic E-state index is -0.385. The molecular weight excluding hydrogens is 204 g/mol. The molecule has 0 saturated carbocycles. The Morgan fingerprint density at radius 3 is 2.62 bits per heavy atom. The first-order chi connectivity index (χ1) is 7.86. The Morgan fingerprint density at radius 2 is 1.88 bits per heavy atom. The van der Waals surface area contributed by atoms with E-state index >= 15 is 0 Å². The lowest BCUT2D eigenvalue weighted by Gasteiger charge is -2.26. The highest BCUT2D eigenvalue weighted by Crippen LogP contribution is 2.34. The van der Waals surface area contributed by atoms with E-state index in [-0.39, 0.29) is 12.1 Å². The summed E-state index contributed by atoms with van der Waals surface area (Å²) in [6, 6.07) is 7.08. The SMILES string of the molecule is O=C=NC1CCc2ccccc2C1N=C=O. The van der Waals surface area contributed by atoms with Gasteiger partial charge in [0.15, 0.2) is 0 Å². The number of hydrogen-bond donors (Lipinski definition) is 0. The van der Waals surface area contributed by atoms with E-state index < -0.39 is 0 Å². The number of benzene rings is 1. The van der Waals surface area contributed by atoms with Crippen molar-refractivity contribution >= 4 is 12.2 Å². The van der Waals surface area contributed by atoms with E-state index in [2.05, 4.69) is 9.98 Å². The summed E-state index contributed by atoms with van der Waals surface area (Å²) >= 11 is 0. The van der Waals surface area contributed by atoms with Crippen LogP contribution in [-0.2, 0) is 16.0 Å². The molecule has 1 aliphatic carbocycles. The minimum Gasteiger partial charge on any atom is -0.211 e. The Morgan fingerprint density at radius 1 is 1.12 bits per heavy atom. The van der Waals surface area contributed by atoms with E-state index in [0.717, 1.165) is 17.5 Å². The fourth-order valence-electron chi connectivity index (χ4n) is 2.13. The van der Waals surface area contributed by atoms with E-state index in [1.165, 1.54) is 0 Å². The molecule has 0 fully saturated rings. The number of isocyanates is 2. The number of aryl methyl sites for hydroxylation is 1. The Kier molecular flexibility index (Phi) is 3.06. The molecule has 1 aliphatic rings. The maximum atomic E-state index is 10.4. The van der Waals surface area contributed by atoms with Gasteiger partial charge in [0.25, 0.3) is 0 Å². The largest absolute Gasteiger partial charge is 0.235 e. The monoisotopic (exact) mass is 214 g/mol. The molecule has 80 valence electrons. The zero-order valence-electron chi connectivity index (χ0n) is 8.59. The molecule has 2 rings (SSSR count). The summed E-state index contributed by atoms with van der Waals surface area (Å²) in [7, 11) is 0. The maximum Gasteiger partial charge on any atom is 0.235 e. The van der Waals surface area contributed by atoms with Crippen LogP contribution in [0.15, 0.2) is 34.3 Å². The van der Waals surface area contributed by atoms with Gasteiger partial charge in [0.05, 0.1) is 6.04 Å². The molecule has 2 unspecified atom stereocenters. The average Bonchev–Trinajstić information content (AvgIpc) is 2.32. The summed E-state index contributed by atoms with van der Waals surface area (Å²) in [5, 5.41) is 0. The second-order valence-electron chi connectivity index (χ2n) is 3.69. The summed E-state index contributed by atoms with van der Waals surface area (Å²) in [5.41, 5.74) is 2.12. The summed E-state index contributed by atoms with van der Waals surface area (Å²) in [6.45, 7) is 0. The molecule has 0 bridgehead atoms. The molecule has 0 radical (unpaired) electrons. The number of hydrogen-bond acceptors (Lipinski definition) is 4. The van der Waals surface area contributed by atoms with Crippen molar-refractivity contribution in [2.75, 3.05) is 0 Å². The molecule has 0 N–H and O–H groups in total. The van der Waals surface area contributed by atoms with Gasteiger partial charge in [0.2, 0.25) is 12.2 Å². The summed E-state index contributed by atoms with van der Waals surface area (Å²) in [4.78, 5) is 28.2. The number of fused-ring (bicyclic) bond motifs is 1. The first-order valence-electron chi connectivity index (χ1n) is 5.08. The second kappa shape index (κ2) is 4.67. The molecule has 4 nitrogen and oxygen atoms in total. The van der Waals surface area contributed by atoms with Crippen molar-refractivity contribution in [3.8, 4) is 0 Å². The normalized spacial score (nSPS) is 22.5. The molecule has 1 aromatic rings. The van der Waals surface area contributed by atoms with E-state index in [9.17, 15) is 9.59 Å². The van der Waals surface area contributed by atoms with Gasteiger partial charge in [-0.1, -0.05) is 24.3 Å². The van der Waals surface area contributed by atoms with E-state index in [1.807, 2.05) is 24.3 Å². The standard InChI is InChI=1S/C12H10N2O2/c15-7-13-11-6-5-9-3-1-2-4-10(9)12(11)14-8-16/h1-4,11-12H,5-6H2. The van der Waals surface area contributed by atoms with Gasteiger partial charge in [-0.05, 0) is 24.0 Å². The first-order valence-corrected chi connectivity index (χ1v) is 5.08. The highest BCUT2D eigenvalue weighted by atomic mass is 16.1. The van der Waals surface area contributed by atoms with Crippen molar-refractivity contribution < 1.29 is 9.59 Å². The zero-order chi connectivity index (χ0) is 11.4. The molecule has 0 aliphatic heterocycles. The first kappa shape index (κ1) is 10.5. The van der Waals surface area contributed by atoms with Crippen molar-refractivity contribution in [3.05, 3.63) is 35.4 Å². The van der Waals surface area contributed by atoms with Gasteiger partial charge in [-0.3, -0.25) is 0 Å². The molecule has 0 spiro atoms. The van der Waals surface area contributed by atoms with Gasteiger partial charge in [0, 0.05) is 0 Å². The van der Waals surface area contributed by atoms with Crippen LogP contribution in [0, 0.1) is 0 Å². The molecule has 2 atom stereocenters. The molecule has 16 heavy (non-hydrogen) atoms. The number of aliphatic imine (C=N–C) groups is 2. The highest BCUT2D eigenvalue weighted by Gasteiger charge is 2.28. The summed E-state index contributed by atoms with van der Waals surface area (Å²) in [5.74, 6) is 0. The zero-order valence-corrected chi connectivity index (χ0v) is 8.59. The van der Waals surface area contributed by atoms with Crippen LogP contribution in [0.1, 0.15) is 23.6 Å². The van der Waals surface area contributed by atoms with Crippen LogP contribution < -0.4 is 0 Å². The lowest BCUT2D eigenvalue weighted by Crippen LogP contribution is -2.22. The van der Waals surface area contributed by atoms with E-state index in [0.29, 0.717) is 6.42 Å². The molecule has 1 aromatic carbocycles. The Bertz CT molecular complexity index is 486. The third-order valence-corrected chi connectivity index (χ3v) is 2.86. The van der Waals surface area contributed by atoms with E-state index in [4.69, 9.17) is 0 Å². The molecule has 0 amide bonds. The van der Waals surface area contributed by atoms with Crippen molar-refractivity contribution in [3.63, 3.8) is 0 Å². The van der Waals surface area contributed by atoms with Crippen LogP contribution in [0.2, 0.25) is 0 Å². The number of nitrogens with zero attached hydrogens (tertiary/aromatic N) is 2. The quantitative estimate of drug-likeness (QED) is 0.555. The number of rotatable bonds is 2. The number of carbonyl (C=O) groups excluding carboxylic acids is 2. The average molecular weight is 214 g/mol. The van der Waals surface area contributed by atoms with Gasteiger partial charge >= 0.3 is 0 Å². The predicted molar refractivity (Wildman–Crippen MR) is 57.5 cm³/mol. The van der Waals surface area contributed by atoms with Crippen LogP contribution >= 0.6 is 0 Å². The fourth-order valence-corrected chi connectivity index (χ4v) is 2.13. The molecule has 4 heteroatoms. The lowest BCUT2D eigenvalue weighted by molar-refractivity contribution is 0.471. The van der Waals surface area contributed by atoms with Crippen molar-refractivity contribution in [1.82, 2.24) is 0 Å². The predicted octanol–water partition coefficient (Wildman–Crippen LogP) is 1.71. The molecular formula is C12H10N2O2. The minimum absolute atomic E-state index is 0.283. The molecule has 0 heterocycles. The van der Waals surface area contributed by atoms with Gasteiger partial charge < -0.3 is 0 Å². The summed E-state index contributed by atoms with van der Waals surface area (Å²) < 4.78 is 0. The van der Waals surface area contributed by atoms with Crippen LogP contribution in [-0.4, -0.2) is 18.2 Å². The van der Waals surface area contributed by atoms with Gasteiger partial charge in [-0.2, -0.15) is 9.98 Å². The smallest absolute Gasteiger partial charge is 0.211 e. The van der Waals surface area contributed by atoms with Crippen LogP contribution in [0.4, 0.5) is 0 Å². The van der Waals surface area contributed by atoms with Crippen molar-refractivity contribution in [1.29, 1.82) is 0 Å². The fraction of sp³-hybridized carbons (Fsp3) is 0.333. The second-order valence-corrected chi connectivity index (χ2v) is 3.69. The van der Waals surface area contributed by atoms with E-state index in [1.54, 1.807) is 12.2 Å². The lowest BCUT2D eigenvalue weighted by atomic mass is 9.85. The van der Waals surface area contributed by atoms with Crippen LogP contribution in [0.3, 0.4) is 0 Å². The maximum absolute atomic E-state index is 10.4. The third kappa shape index (κ3) is 1.84. The molecule has 0 saturated heterocycles. The van der Waals surface area contributed by atoms with Crippen LogP contribution in [0.25, 0.3) is 0 Å². The third-order valence-electron chi connectivity index (χ3n) is 2.86. The Labute approximate surface area is 92.7 Å². The van der Waals surface area contributed by atoms with Crippen molar-refractivity contribution in [2.24, 2.45) is 9.98 Å². The van der Waals surface area contributed by atoms with Gasteiger partial charge in [-0.25, -0.2) is 9.59 Å². The van der Waals surface area contributed by atoms with Crippen LogP contribution in [0.5, 0.6) is 0 Å².